The molecule has 0 unspecified atom stereocenters. The highest BCUT2D eigenvalue weighted by Gasteiger charge is 2.30. The average molecular weight is 425 g/mol. The molecule has 3 rings (SSSR count). The summed E-state index contributed by atoms with van der Waals surface area (Å²) in [6.07, 6.45) is -3.42. The number of halogens is 3. The first kappa shape index (κ1) is 20.8. The van der Waals surface area contributed by atoms with E-state index in [2.05, 4.69) is 20.0 Å². The molecule has 2 N–H and O–H groups in total. The third-order valence-electron chi connectivity index (χ3n) is 4.10. The molecule has 29 heavy (non-hydrogen) atoms. The standard InChI is InChI=1S/C18H18F3N5O2S/c1-11-9-13-14(5-4-6-15(13)25-29(27,28)26(2)3)23-17(11)24-16-10-12(7-8-22-16)18(19,20)21/h4-10,25H,1-3H3,(H,22,23,24). The topological polar surface area (TPSA) is 87.2 Å². The van der Waals surface area contributed by atoms with Gasteiger partial charge in [-0.1, -0.05) is 6.07 Å². The van der Waals surface area contributed by atoms with Crippen LogP contribution in [0.1, 0.15) is 11.1 Å². The van der Waals surface area contributed by atoms with E-state index in [0.717, 1.165) is 22.6 Å². The van der Waals surface area contributed by atoms with Crippen molar-refractivity contribution in [1.29, 1.82) is 0 Å². The molecule has 2 aromatic heterocycles. The monoisotopic (exact) mass is 425 g/mol. The van der Waals surface area contributed by atoms with Crippen LogP contribution in [-0.2, 0) is 16.4 Å². The fourth-order valence-electron chi connectivity index (χ4n) is 2.54. The summed E-state index contributed by atoms with van der Waals surface area (Å²) in [6, 6.07) is 8.39. The molecule has 2 heterocycles. The number of nitrogens with zero attached hydrogens (tertiary/aromatic N) is 3. The third-order valence-corrected chi connectivity index (χ3v) is 5.54. The average Bonchev–Trinajstić information content (AvgIpc) is 2.62. The third kappa shape index (κ3) is 4.57. The Labute approximate surface area is 165 Å². The highest BCUT2D eigenvalue weighted by Crippen LogP contribution is 2.32. The number of nitrogens with one attached hydrogen (secondary N) is 2. The number of fused-ring (bicyclic) bond motifs is 1. The smallest absolute Gasteiger partial charge is 0.325 e. The number of hydrogen-bond acceptors (Lipinski definition) is 5. The van der Waals surface area contributed by atoms with Gasteiger partial charge < -0.3 is 5.32 Å². The van der Waals surface area contributed by atoms with Gasteiger partial charge in [-0.3, -0.25) is 4.72 Å². The van der Waals surface area contributed by atoms with Crippen molar-refractivity contribution >= 4 is 38.4 Å². The van der Waals surface area contributed by atoms with Crippen LogP contribution in [0.2, 0.25) is 0 Å². The maximum absolute atomic E-state index is 12.9. The number of pyridine rings is 2. The molecule has 7 nitrogen and oxygen atoms in total. The van der Waals surface area contributed by atoms with Gasteiger partial charge in [-0.2, -0.15) is 25.9 Å². The molecule has 0 saturated carbocycles. The molecule has 11 heteroatoms. The number of benzene rings is 1. The predicted octanol–water partition coefficient (Wildman–Crippen LogP) is 3.92. The molecule has 0 spiro atoms. The van der Waals surface area contributed by atoms with Crippen molar-refractivity contribution in [2.75, 3.05) is 24.1 Å². The van der Waals surface area contributed by atoms with Crippen molar-refractivity contribution in [2.45, 2.75) is 13.1 Å². The van der Waals surface area contributed by atoms with Crippen LogP contribution in [0.25, 0.3) is 10.9 Å². The minimum Gasteiger partial charge on any atom is -0.325 e. The SMILES string of the molecule is Cc1cc2c(NS(=O)(=O)N(C)C)cccc2nc1Nc1cc(C(F)(F)F)ccn1. The van der Waals surface area contributed by atoms with Gasteiger partial charge in [0.2, 0.25) is 0 Å². The van der Waals surface area contributed by atoms with Crippen LogP contribution in [0, 0.1) is 6.92 Å². The predicted molar refractivity (Wildman–Crippen MR) is 105 cm³/mol. The summed E-state index contributed by atoms with van der Waals surface area (Å²) in [5, 5.41) is 3.35. The van der Waals surface area contributed by atoms with Crippen molar-refractivity contribution in [2.24, 2.45) is 0 Å². The van der Waals surface area contributed by atoms with Crippen molar-refractivity contribution in [1.82, 2.24) is 14.3 Å². The molecular formula is C18H18F3N5O2S. The summed E-state index contributed by atoms with van der Waals surface area (Å²) in [7, 11) is -0.902. The van der Waals surface area contributed by atoms with E-state index in [1.54, 1.807) is 31.2 Å². The van der Waals surface area contributed by atoms with Gasteiger partial charge in [0.25, 0.3) is 0 Å². The van der Waals surface area contributed by atoms with Crippen molar-refractivity contribution < 1.29 is 21.6 Å². The largest absolute Gasteiger partial charge is 0.416 e. The quantitative estimate of drug-likeness (QED) is 0.647. The first-order chi connectivity index (χ1) is 13.5. The molecule has 3 aromatic rings. The van der Waals surface area contributed by atoms with Crippen molar-refractivity contribution in [3.8, 4) is 0 Å². The molecule has 0 aliphatic carbocycles. The fourth-order valence-corrected chi connectivity index (χ4v) is 3.18. The van der Waals surface area contributed by atoms with Gasteiger partial charge in [-0.15, -0.1) is 0 Å². The lowest BCUT2D eigenvalue weighted by molar-refractivity contribution is -0.137. The Balaban J connectivity index is 1.99. The lowest BCUT2D eigenvalue weighted by atomic mass is 10.1. The molecule has 0 saturated heterocycles. The normalized spacial score (nSPS) is 12.4. The molecule has 0 radical (unpaired) electrons. The molecule has 1 aromatic carbocycles. The highest BCUT2D eigenvalue weighted by atomic mass is 32.2. The van der Waals surface area contributed by atoms with Crippen LogP contribution < -0.4 is 10.0 Å². The molecule has 154 valence electrons. The van der Waals surface area contributed by atoms with Crippen LogP contribution in [-0.4, -0.2) is 36.8 Å². The second kappa shape index (κ2) is 7.48. The zero-order valence-electron chi connectivity index (χ0n) is 15.7. The minimum atomic E-state index is -4.48. The zero-order chi connectivity index (χ0) is 21.4. The number of aryl methyl sites for hydroxylation is 1. The molecule has 0 atom stereocenters. The first-order valence-corrected chi connectivity index (χ1v) is 9.82. The number of aromatic nitrogens is 2. The second-order valence-corrected chi connectivity index (χ2v) is 8.35. The molecule has 0 aliphatic heterocycles. The molecule has 0 amide bonds. The number of alkyl halides is 3. The van der Waals surface area contributed by atoms with E-state index in [9.17, 15) is 21.6 Å². The summed E-state index contributed by atoms with van der Waals surface area (Å²) >= 11 is 0. The molecule has 0 fully saturated rings. The lowest BCUT2D eigenvalue weighted by Gasteiger charge is -2.16. The van der Waals surface area contributed by atoms with Gasteiger partial charge in [-0.25, -0.2) is 9.97 Å². The van der Waals surface area contributed by atoms with E-state index in [4.69, 9.17) is 0 Å². The van der Waals surface area contributed by atoms with Gasteiger partial charge >= 0.3 is 16.4 Å². The maximum atomic E-state index is 12.9. The lowest BCUT2D eigenvalue weighted by Crippen LogP contribution is -2.29. The Morgan fingerprint density at radius 2 is 1.83 bits per heavy atom. The van der Waals surface area contributed by atoms with Gasteiger partial charge in [0.15, 0.2) is 0 Å². The Kier molecular flexibility index (Phi) is 5.37. The number of hydrogen-bond donors (Lipinski definition) is 2. The Morgan fingerprint density at radius 1 is 1.10 bits per heavy atom. The number of anilines is 3. The number of rotatable bonds is 5. The Hall–Kier alpha value is -2.92. The van der Waals surface area contributed by atoms with E-state index in [-0.39, 0.29) is 5.82 Å². The molecular weight excluding hydrogens is 407 g/mol. The highest BCUT2D eigenvalue weighted by molar-refractivity contribution is 7.90. The minimum absolute atomic E-state index is 0.000704. The maximum Gasteiger partial charge on any atom is 0.416 e. The Morgan fingerprint density at radius 3 is 2.48 bits per heavy atom. The summed E-state index contributed by atoms with van der Waals surface area (Å²) < 4.78 is 66.5. The Bertz CT molecular complexity index is 1160. The summed E-state index contributed by atoms with van der Waals surface area (Å²) in [5.74, 6) is 0.316. The van der Waals surface area contributed by atoms with Crippen LogP contribution in [0.5, 0.6) is 0 Å². The van der Waals surface area contributed by atoms with E-state index < -0.39 is 21.9 Å². The summed E-state index contributed by atoms with van der Waals surface area (Å²) in [4.78, 5) is 8.32. The first-order valence-electron chi connectivity index (χ1n) is 8.38. The van der Waals surface area contributed by atoms with Gasteiger partial charge in [0.1, 0.15) is 11.6 Å². The van der Waals surface area contributed by atoms with Crippen LogP contribution in [0.3, 0.4) is 0 Å². The molecule has 0 aliphatic rings. The van der Waals surface area contributed by atoms with Gasteiger partial charge in [-0.05, 0) is 42.8 Å². The van der Waals surface area contributed by atoms with Crippen molar-refractivity contribution in [3.63, 3.8) is 0 Å². The van der Waals surface area contributed by atoms with Gasteiger partial charge in [0.05, 0.1) is 16.8 Å². The van der Waals surface area contributed by atoms with E-state index in [1.165, 1.54) is 14.1 Å². The van der Waals surface area contributed by atoms with Crippen molar-refractivity contribution in [3.05, 3.63) is 53.7 Å². The van der Waals surface area contributed by atoms with Crippen LogP contribution >= 0.6 is 0 Å². The van der Waals surface area contributed by atoms with Crippen LogP contribution in [0.15, 0.2) is 42.6 Å². The van der Waals surface area contributed by atoms with E-state index in [1.807, 2.05) is 0 Å². The van der Waals surface area contributed by atoms with E-state index >= 15 is 0 Å². The van der Waals surface area contributed by atoms with Crippen LogP contribution in [0.4, 0.5) is 30.5 Å². The second-order valence-electron chi connectivity index (χ2n) is 6.47. The fraction of sp³-hybridized carbons (Fsp3) is 0.222. The molecule has 0 bridgehead atoms. The summed E-state index contributed by atoms with van der Waals surface area (Å²) in [6.45, 7) is 1.71. The van der Waals surface area contributed by atoms with Gasteiger partial charge in [0, 0.05) is 25.7 Å². The van der Waals surface area contributed by atoms with E-state index in [0.29, 0.717) is 28.0 Å². The summed E-state index contributed by atoms with van der Waals surface area (Å²) in [5.41, 5.74) is 0.585. The zero-order valence-corrected chi connectivity index (χ0v) is 16.6.